The van der Waals surface area contributed by atoms with Crippen molar-refractivity contribution in [3.8, 4) is 11.5 Å². The number of benzene rings is 1. The zero-order valence-corrected chi connectivity index (χ0v) is 11.0. The smallest absolute Gasteiger partial charge is 0.257 e. The molecule has 2 N–H and O–H groups in total. The van der Waals surface area contributed by atoms with Crippen molar-refractivity contribution >= 4 is 5.91 Å². The largest absolute Gasteiger partial charge is 0.508 e. The molecule has 5 heteroatoms. The van der Waals surface area contributed by atoms with Gasteiger partial charge in [-0.05, 0) is 31.9 Å². The maximum atomic E-state index is 12.3. The van der Waals surface area contributed by atoms with Crippen molar-refractivity contribution in [2.24, 2.45) is 0 Å². The van der Waals surface area contributed by atoms with Gasteiger partial charge in [0.1, 0.15) is 11.5 Å². The van der Waals surface area contributed by atoms with E-state index in [4.69, 9.17) is 4.74 Å². The second-order valence-corrected chi connectivity index (χ2v) is 4.68. The molecule has 1 fully saturated rings. The summed E-state index contributed by atoms with van der Waals surface area (Å²) in [7, 11) is 0. The Labute approximate surface area is 112 Å². The molecule has 0 spiro atoms. The third-order valence-electron chi connectivity index (χ3n) is 3.33. The topological polar surface area (TPSA) is 70.0 Å². The molecule has 1 amide bonds. The van der Waals surface area contributed by atoms with Crippen LogP contribution in [0.1, 0.15) is 30.1 Å². The molecule has 0 radical (unpaired) electrons. The fraction of sp³-hybridized carbons (Fsp3) is 0.500. The van der Waals surface area contributed by atoms with Gasteiger partial charge in [-0.1, -0.05) is 0 Å². The Morgan fingerprint density at radius 3 is 2.84 bits per heavy atom. The van der Waals surface area contributed by atoms with Crippen molar-refractivity contribution in [3.63, 3.8) is 0 Å². The zero-order chi connectivity index (χ0) is 13.8. The fourth-order valence-corrected chi connectivity index (χ4v) is 2.26. The molecule has 0 aliphatic carbocycles. The first-order valence-corrected chi connectivity index (χ1v) is 6.54. The number of carbonyl (C=O) groups is 1. The van der Waals surface area contributed by atoms with Crippen LogP contribution in [0.5, 0.6) is 11.5 Å². The molecule has 1 aromatic rings. The lowest BCUT2D eigenvalue weighted by molar-refractivity contribution is 0.0537. The quantitative estimate of drug-likeness (QED) is 0.870. The van der Waals surface area contributed by atoms with Gasteiger partial charge in [-0.3, -0.25) is 4.79 Å². The van der Waals surface area contributed by atoms with E-state index in [0.29, 0.717) is 13.1 Å². The predicted octanol–water partition coefficient (Wildman–Crippen LogP) is 1.74. The van der Waals surface area contributed by atoms with Crippen LogP contribution in [0.15, 0.2) is 18.2 Å². The first kappa shape index (κ1) is 13.7. The van der Waals surface area contributed by atoms with E-state index in [1.54, 1.807) is 4.90 Å². The molecular formula is C14H19NO4. The molecule has 0 saturated carbocycles. The van der Waals surface area contributed by atoms with Crippen LogP contribution in [0.4, 0.5) is 0 Å². The van der Waals surface area contributed by atoms with E-state index in [-0.39, 0.29) is 29.1 Å². The van der Waals surface area contributed by atoms with Gasteiger partial charge in [0, 0.05) is 25.8 Å². The van der Waals surface area contributed by atoms with Gasteiger partial charge in [0.25, 0.3) is 5.91 Å². The number of phenols is 2. The first-order valence-electron chi connectivity index (χ1n) is 6.54. The van der Waals surface area contributed by atoms with Crippen LogP contribution >= 0.6 is 0 Å². The number of hydrogen-bond donors (Lipinski definition) is 2. The highest BCUT2D eigenvalue weighted by Crippen LogP contribution is 2.24. The summed E-state index contributed by atoms with van der Waals surface area (Å²) in [5.74, 6) is -0.498. The number of hydrogen-bond acceptors (Lipinski definition) is 4. The van der Waals surface area contributed by atoms with Gasteiger partial charge in [0.05, 0.1) is 11.7 Å². The third-order valence-corrected chi connectivity index (χ3v) is 3.33. The molecule has 0 aromatic heterocycles. The summed E-state index contributed by atoms with van der Waals surface area (Å²) in [5.41, 5.74) is 0.206. The molecule has 1 atom stereocenters. The SMILES string of the molecule is CCN(CC1CCCO1)C(=O)c1ccc(O)cc1O. The van der Waals surface area contributed by atoms with E-state index in [9.17, 15) is 15.0 Å². The van der Waals surface area contributed by atoms with Gasteiger partial charge in [-0.25, -0.2) is 0 Å². The summed E-state index contributed by atoms with van der Waals surface area (Å²) < 4.78 is 5.52. The van der Waals surface area contributed by atoms with Crippen molar-refractivity contribution in [2.75, 3.05) is 19.7 Å². The Morgan fingerprint density at radius 2 is 2.26 bits per heavy atom. The maximum Gasteiger partial charge on any atom is 0.257 e. The Morgan fingerprint density at radius 1 is 1.47 bits per heavy atom. The van der Waals surface area contributed by atoms with E-state index in [2.05, 4.69) is 0 Å². The van der Waals surface area contributed by atoms with Crippen LogP contribution in [0, 0.1) is 0 Å². The summed E-state index contributed by atoms with van der Waals surface area (Å²) in [5, 5.41) is 19.0. The zero-order valence-electron chi connectivity index (χ0n) is 11.0. The lowest BCUT2D eigenvalue weighted by atomic mass is 10.1. The summed E-state index contributed by atoms with van der Waals surface area (Å²) in [6.07, 6.45) is 2.08. The molecule has 1 heterocycles. The Kier molecular flexibility index (Phi) is 4.27. The number of ether oxygens (including phenoxy) is 1. The fourth-order valence-electron chi connectivity index (χ4n) is 2.26. The second-order valence-electron chi connectivity index (χ2n) is 4.68. The van der Waals surface area contributed by atoms with Crippen LogP contribution in [-0.4, -0.2) is 46.8 Å². The van der Waals surface area contributed by atoms with Gasteiger partial charge in [-0.15, -0.1) is 0 Å². The maximum absolute atomic E-state index is 12.3. The number of amides is 1. The van der Waals surface area contributed by atoms with Crippen LogP contribution in [0.3, 0.4) is 0 Å². The van der Waals surface area contributed by atoms with Gasteiger partial charge < -0.3 is 19.8 Å². The second kappa shape index (κ2) is 5.93. The van der Waals surface area contributed by atoms with E-state index >= 15 is 0 Å². The van der Waals surface area contributed by atoms with E-state index < -0.39 is 0 Å². The number of aromatic hydroxyl groups is 2. The number of carbonyl (C=O) groups excluding carboxylic acids is 1. The molecular weight excluding hydrogens is 246 g/mol. The van der Waals surface area contributed by atoms with Gasteiger partial charge >= 0.3 is 0 Å². The first-order chi connectivity index (χ1) is 9.11. The van der Waals surface area contributed by atoms with E-state index in [0.717, 1.165) is 19.4 Å². The molecule has 2 rings (SSSR count). The highest BCUT2D eigenvalue weighted by atomic mass is 16.5. The third kappa shape index (κ3) is 3.17. The average molecular weight is 265 g/mol. The van der Waals surface area contributed by atoms with Crippen molar-refractivity contribution in [1.82, 2.24) is 4.90 Å². The number of nitrogens with zero attached hydrogens (tertiary/aromatic N) is 1. The molecule has 5 nitrogen and oxygen atoms in total. The minimum absolute atomic E-state index is 0.0591. The predicted molar refractivity (Wildman–Crippen MR) is 70.3 cm³/mol. The van der Waals surface area contributed by atoms with Crippen molar-refractivity contribution in [3.05, 3.63) is 23.8 Å². The number of rotatable bonds is 4. The molecule has 1 saturated heterocycles. The minimum atomic E-state index is -0.240. The number of phenolic OH excluding ortho intramolecular Hbond substituents is 2. The molecule has 1 unspecified atom stereocenters. The van der Waals surface area contributed by atoms with E-state index in [1.807, 2.05) is 6.92 Å². The molecule has 1 aromatic carbocycles. The van der Waals surface area contributed by atoms with Crippen LogP contribution in [0.2, 0.25) is 0 Å². The highest BCUT2D eigenvalue weighted by molar-refractivity contribution is 5.97. The van der Waals surface area contributed by atoms with Crippen molar-refractivity contribution in [1.29, 1.82) is 0 Å². The molecule has 0 bridgehead atoms. The van der Waals surface area contributed by atoms with Crippen molar-refractivity contribution in [2.45, 2.75) is 25.9 Å². The lowest BCUT2D eigenvalue weighted by Gasteiger charge is -2.24. The van der Waals surface area contributed by atoms with E-state index in [1.165, 1.54) is 18.2 Å². The average Bonchev–Trinajstić information content (AvgIpc) is 2.88. The minimum Gasteiger partial charge on any atom is -0.508 e. The highest BCUT2D eigenvalue weighted by Gasteiger charge is 2.23. The summed E-state index contributed by atoms with van der Waals surface area (Å²) in [6, 6.07) is 4.01. The van der Waals surface area contributed by atoms with Gasteiger partial charge in [0.2, 0.25) is 0 Å². The summed E-state index contributed by atoms with van der Waals surface area (Å²) in [6.45, 7) is 3.74. The monoisotopic (exact) mass is 265 g/mol. The standard InChI is InChI=1S/C14H19NO4/c1-2-15(9-11-4-3-7-19-11)14(18)12-6-5-10(16)8-13(12)17/h5-6,8,11,16-17H,2-4,7,9H2,1H3. The van der Waals surface area contributed by atoms with Gasteiger partial charge in [-0.2, -0.15) is 0 Å². The Balaban J connectivity index is 2.10. The van der Waals surface area contributed by atoms with Crippen LogP contribution in [-0.2, 0) is 4.74 Å². The molecule has 19 heavy (non-hydrogen) atoms. The number of likely N-dealkylation sites (N-methyl/N-ethyl adjacent to an activating group) is 1. The Bertz CT molecular complexity index is 455. The lowest BCUT2D eigenvalue weighted by Crippen LogP contribution is -2.37. The van der Waals surface area contributed by atoms with Gasteiger partial charge in [0.15, 0.2) is 0 Å². The molecule has 104 valence electrons. The summed E-state index contributed by atoms with van der Waals surface area (Å²) in [4.78, 5) is 14.0. The van der Waals surface area contributed by atoms with Crippen LogP contribution in [0.25, 0.3) is 0 Å². The molecule has 1 aliphatic rings. The normalized spacial score (nSPS) is 18.5. The van der Waals surface area contributed by atoms with Crippen molar-refractivity contribution < 1.29 is 19.7 Å². The van der Waals surface area contributed by atoms with Crippen LogP contribution < -0.4 is 0 Å². The summed E-state index contributed by atoms with van der Waals surface area (Å²) >= 11 is 0. The Hall–Kier alpha value is -1.75. The molecule has 1 aliphatic heterocycles.